The minimum absolute atomic E-state index is 0.154. The molecule has 3 aliphatic rings. The van der Waals surface area contributed by atoms with Crippen LogP contribution in [0.2, 0.25) is 18.1 Å². The Morgan fingerprint density at radius 3 is 2.22 bits per heavy atom. The fourth-order valence-corrected chi connectivity index (χ4v) is 7.08. The highest BCUT2D eigenvalue weighted by Gasteiger charge is 2.52. The Balaban J connectivity index is 1.62. The monoisotopic (exact) mass is 338 g/mol. The smallest absolute Gasteiger partial charge is 0.250 e. The summed E-state index contributed by atoms with van der Waals surface area (Å²) in [4.78, 5) is 0. The fraction of sp³-hybridized carbons (Fsp3) is 0.895. The van der Waals surface area contributed by atoms with Crippen molar-refractivity contribution < 1.29 is 13.9 Å². The van der Waals surface area contributed by atoms with Crippen LogP contribution in [0.15, 0.2) is 11.8 Å². The van der Waals surface area contributed by atoms with Crippen LogP contribution in [0, 0.1) is 17.3 Å². The molecule has 0 unspecified atom stereocenters. The van der Waals surface area contributed by atoms with Crippen LogP contribution in [-0.4, -0.2) is 27.3 Å². The molecular weight excluding hydrogens is 304 g/mol. The highest BCUT2D eigenvalue weighted by molar-refractivity contribution is 6.73. The van der Waals surface area contributed by atoms with Crippen LogP contribution in [0.25, 0.3) is 0 Å². The molecule has 0 bridgehead atoms. The molecule has 2 aliphatic carbocycles. The van der Waals surface area contributed by atoms with Crippen molar-refractivity contribution in [2.45, 2.75) is 77.8 Å². The molecule has 0 N–H and O–H groups in total. The van der Waals surface area contributed by atoms with Crippen molar-refractivity contribution in [3.8, 4) is 0 Å². The number of ether oxygens (including phenoxy) is 2. The van der Waals surface area contributed by atoms with Crippen molar-refractivity contribution in [3.05, 3.63) is 11.8 Å². The summed E-state index contributed by atoms with van der Waals surface area (Å²) in [5.41, 5.74) is 0.154. The van der Waals surface area contributed by atoms with Crippen LogP contribution < -0.4 is 0 Å². The summed E-state index contributed by atoms with van der Waals surface area (Å²) in [5.74, 6) is 2.22. The zero-order valence-electron chi connectivity index (χ0n) is 15.6. The molecule has 23 heavy (non-hydrogen) atoms. The molecule has 0 aromatic carbocycles. The highest BCUT2D eigenvalue weighted by Crippen LogP contribution is 2.52. The third kappa shape index (κ3) is 3.40. The molecule has 2 fully saturated rings. The number of hydrogen-bond acceptors (Lipinski definition) is 3. The van der Waals surface area contributed by atoms with Gasteiger partial charge in [-0.15, -0.1) is 0 Å². The topological polar surface area (TPSA) is 27.7 Å². The van der Waals surface area contributed by atoms with Crippen molar-refractivity contribution in [3.63, 3.8) is 0 Å². The summed E-state index contributed by atoms with van der Waals surface area (Å²) < 4.78 is 19.0. The van der Waals surface area contributed by atoms with Gasteiger partial charge in [0.1, 0.15) is 0 Å². The Labute approximate surface area is 142 Å². The molecule has 1 saturated heterocycles. The fourth-order valence-electron chi connectivity index (χ4n) is 4.44. The molecule has 0 radical (unpaired) electrons. The lowest BCUT2D eigenvalue weighted by Gasteiger charge is -2.42. The van der Waals surface area contributed by atoms with E-state index in [0.29, 0.717) is 11.8 Å². The van der Waals surface area contributed by atoms with E-state index in [4.69, 9.17) is 13.9 Å². The second kappa shape index (κ2) is 6.20. The minimum Gasteiger partial charge on any atom is -0.547 e. The van der Waals surface area contributed by atoms with Crippen LogP contribution in [0.4, 0.5) is 0 Å². The lowest BCUT2D eigenvalue weighted by atomic mass is 9.94. The number of rotatable bonds is 5. The van der Waals surface area contributed by atoms with Crippen molar-refractivity contribution in [1.29, 1.82) is 0 Å². The Morgan fingerprint density at radius 2 is 1.70 bits per heavy atom. The number of fused-ring (bicyclic) bond motifs is 1. The third-order valence-corrected chi connectivity index (χ3v) is 10.9. The lowest BCUT2D eigenvalue weighted by molar-refractivity contribution is -0.296. The number of allylic oxidation sites excluding steroid dienone is 2. The first-order chi connectivity index (χ1) is 10.8. The van der Waals surface area contributed by atoms with E-state index in [9.17, 15) is 0 Å². The summed E-state index contributed by atoms with van der Waals surface area (Å²) in [6, 6.07) is 3.66. The van der Waals surface area contributed by atoms with E-state index in [1.807, 2.05) is 0 Å². The van der Waals surface area contributed by atoms with E-state index >= 15 is 0 Å². The molecule has 0 aromatic heterocycles. The average molecular weight is 339 g/mol. The third-order valence-electron chi connectivity index (χ3n) is 6.32. The van der Waals surface area contributed by atoms with Crippen molar-refractivity contribution in [1.82, 2.24) is 0 Å². The summed E-state index contributed by atoms with van der Waals surface area (Å²) in [6.07, 6.45) is 5.56. The summed E-state index contributed by atoms with van der Waals surface area (Å²) >= 11 is 0. The van der Waals surface area contributed by atoms with Gasteiger partial charge in [-0.1, -0.05) is 34.6 Å². The van der Waals surface area contributed by atoms with Crippen molar-refractivity contribution >= 4 is 8.32 Å². The first-order valence-corrected chi connectivity index (χ1v) is 12.1. The second-order valence-electron chi connectivity index (χ2n) is 8.67. The predicted octanol–water partition coefficient (Wildman–Crippen LogP) is 5.09. The van der Waals surface area contributed by atoms with Gasteiger partial charge in [0.05, 0.1) is 19.0 Å². The molecule has 1 heterocycles. The lowest BCUT2D eigenvalue weighted by Crippen LogP contribution is -2.46. The largest absolute Gasteiger partial charge is 0.547 e. The van der Waals surface area contributed by atoms with Gasteiger partial charge in [-0.2, -0.15) is 0 Å². The summed E-state index contributed by atoms with van der Waals surface area (Å²) in [5, 5.41) is 0. The zero-order chi connectivity index (χ0) is 16.7. The van der Waals surface area contributed by atoms with E-state index < -0.39 is 8.32 Å². The van der Waals surface area contributed by atoms with E-state index in [-0.39, 0.29) is 11.2 Å². The van der Waals surface area contributed by atoms with Gasteiger partial charge >= 0.3 is 0 Å². The molecule has 3 nitrogen and oxygen atoms in total. The highest BCUT2D eigenvalue weighted by atomic mass is 28.4. The first-order valence-electron chi connectivity index (χ1n) is 9.52. The molecule has 4 heteroatoms. The Morgan fingerprint density at radius 1 is 1.09 bits per heavy atom. The van der Waals surface area contributed by atoms with Crippen molar-refractivity contribution in [2.75, 3.05) is 13.2 Å². The van der Waals surface area contributed by atoms with E-state index in [1.165, 1.54) is 23.9 Å². The molecule has 1 saturated carbocycles. The zero-order valence-corrected chi connectivity index (χ0v) is 16.6. The Hall–Kier alpha value is -0.323. The second-order valence-corrected chi connectivity index (χ2v) is 13.4. The van der Waals surface area contributed by atoms with Crippen LogP contribution in [0.5, 0.6) is 0 Å². The normalized spacial score (nSPS) is 32.0. The van der Waals surface area contributed by atoms with Gasteiger partial charge < -0.3 is 13.9 Å². The number of hydrogen-bond donors (Lipinski definition) is 0. The molecule has 0 aromatic rings. The Bertz CT molecular complexity index is 449. The first kappa shape index (κ1) is 17.5. The van der Waals surface area contributed by atoms with Gasteiger partial charge in [0.15, 0.2) is 5.79 Å². The van der Waals surface area contributed by atoms with E-state index in [2.05, 4.69) is 40.7 Å². The molecular formula is C19H34O3Si. The van der Waals surface area contributed by atoms with Crippen LogP contribution in [0.3, 0.4) is 0 Å². The molecule has 1 aliphatic heterocycles. The molecule has 2 atom stereocenters. The quantitative estimate of drug-likeness (QED) is 0.653. The van der Waals surface area contributed by atoms with Gasteiger partial charge in [-0.05, 0) is 36.0 Å². The van der Waals surface area contributed by atoms with Crippen molar-refractivity contribution in [2.24, 2.45) is 17.3 Å². The van der Waals surface area contributed by atoms with E-state index in [0.717, 1.165) is 32.5 Å². The maximum absolute atomic E-state index is 6.61. The van der Waals surface area contributed by atoms with Gasteiger partial charge in [0.2, 0.25) is 8.32 Å². The Kier molecular flexibility index (Phi) is 4.71. The molecule has 132 valence electrons. The SMILES string of the molecule is CC[Si](CC)(CC)OC1=C[C@H]2CC3(C[C@H]2C1)OCC(C)(C)CO3. The minimum atomic E-state index is -1.53. The maximum Gasteiger partial charge on any atom is 0.250 e. The summed E-state index contributed by atoms with van der Waals surface area (Å²) in [7, 11) is -1.53. The van der Waals surface area contributed by atoms with E-state index in [1.54, 1.807) is 0 Å². The van der Waals surface area contributed by atoms with Gasteiger partial charge in [0.25, 0.3) is 0 Å². The van der Waals surface area contributed by atoms with Crippen LogP contribution in [0.1, 0.15) is 53.9 Å². The maximum atomic E-state index is 6.61. The summed E-state index contributed by atoms with van der Waals surface area (Å²) in [6.45, 7) is 13.0. The van der Waals surface area contributed by atoms with Crippen LogP contribution >= 0.6 is 0 Å². The molecule has 3 rings (SSSR count). The van der Waals surface area contributed by atoms with Crippen LogP contribution in [-0.2, 0) is 13.9 Å². The predicted molar refractivity (Wildman–Crippen MR) is 95.6 cm³/mol. The van der Waals surface area contributed by atoms with Gasteiger partial charge in [0, 0.05) is 24.7 Å². The van der Waals surface area contributed by atoms with Gasteiger partial charge in [-0.25, -0.2) is 0 Å². The molecule has 1 spiro atoms. The standard InChI is InChI=1S/C19H34O3Si/c1-6-23(7-2,8-3)22-17-9-15-11-19(12-16(15)10-17)20-13-18(4,5)14-21-19/h9,15-16H,6-8,10-14H2,1-5H3/t15-,16+/m0/s1. The van der Waals surface area contributed by atoms with Gasteiger partial charge in [-0.3, -0.25) is 0 Å². The molecule has 0 amide bonds. The average Bonchev–Trinajstić information content (AvgIpc) is 3.04.